The van der Waals surface area contributed by atoms with E-state index < -0.39 is 0 Å². The van der Waals surface area contributed by atoms with E-state index in [1.54, 1.807) is 11.3 Å². The Morgan fingerprint density at radius 3 is 2.68 bits per heavy atom. The Labute approximate surface area is 116 Å². The molecule has 19 heavy (non-hydrogen) atoms. The van der Waals surface area contributed by atoms with Gasteiger partial charge in [0.05, 0.1) is 0 Å². The van der Waals surface area contributed by atoms with Gasteiger partial charge in [0.2, 0.25) is 5.82 Å². The largest absolute Gasteiger partial charge is 0.345 e. The number of thiophene rings is 1. The van der Waals surface area contributed by atoms with Crippen LogP contribution in [0, 0.1) is 6.92 Å². The lowest BCUT2D eigenvalue weighted by Gasteiger charge is -2.12. The molecular formula is C13H18N4OS. The maximum Gasteiger partial charge on any atom is 0.291 e. The first-order valence-electron chi connectivity index (χ1n) is 6.10. The van der Waals surface area contributed by atoms with Gasteiger partial charge in [-0.05, 0) is 28.8 Å². The summed E-state index contributed by atoms with van der Waals surface area (Å²) in [6.45, 7) is 8.59. The lowest BCUT2D eigenvalue weighted by Crippen LogP contribution is -2.24. The number of nitrogens with zero attached hydrogens (tertiary/aromatic N) is 2. The molecule has 0 radical (unpaired) electrons. The van der Waals surface area contributed by atoms with Crippen LogP contribution in [0.1, 0.15) is 48.3 Å². The number of nitrogens with one attached hydrogen (secondary N) is 2. The van der Waals surface area contributed by atoms with Crippen molar-refractivity contribution in [2.24, 2.45) is 0 Å². The highest BCUT2D eigenvalue weighted by Gasteiger charge is 2.21. The Bertz CT molecular complexity index is 579. The van der Waals surface area contributed by atoms with E-state index in [1.807, 2.05) is 33.1 Å². The van der Waals surface area contributed by atoms with Crippen molar-refractivity contribution in [3.8, 4) is 0 Å². The molecule has 0 aliphatic rings. The Balaban J connectivity index is 2.01. The summed E-state index contributed by atoms with van der Waals surface area (Å²) in [7, 11) is 0. The molecule has 1 amide bonds. The highest BCUT2D eigenvalue weighted by Crippen LogP contribution is 2.17. The zero-order valence-corrected chi connectivity index (χ0v) is 12.4. The number of carbonyl (C=O) groups excluding carboxylic acids is 1. The fourth-order valence-electron chi connectivity index (χ4n) is 1.52. The van der Waals surface area contributed by atoms with Crippen LogP contribution in [-0.4, -0.2) is 21.1 Å². The molecule has 0 saturated carbocycles. The van der Waals surface area contributed by atoms with Crippen molar-refractivity contribution in [1.82, 2.24) is 20.5 Å². The van der Waals surface area contributed by atoms with Gasteiger partial charge in [0, 0.05) is 12.0 Å². The first-order valence-corrected chi connectivity index (χ1v) is 7.05. The summed E-state index contributed by atoms with van der Waals surface area (Å²) in [5.41, 5.74) is 2.18. The van der Waals surface area contributed by atoms with Gasteiger partial charge in [0.25, 0.3) is 5.91 Å². The average molecular weight is 278 g/mol. The van der Waals surface area contributed by atoms with Gasteiger partial charge in [-0.3, -0.25) is 9.89 Å². The third kappa shape index (κ3) is 3.20. The molecule has 2 rings (SSSR count). The van der Waals surface area contributed by atoms with Crippen LogP contribution in [-0.2, 0) is 12.0 Å². The summed E-state index contributed by atoms with van der Waals surface area (Å²) in [5.74, 6) is 0.652. The lowest BCUT2D eigenvalue weighted by atomic mass is 9.96. The van der Waals surface area contributed by atoms with Gasteiger partial charge in [0.15, 0.2) is 0 Å². The summed E-state index contributed by atoms with van der Waals surface area (Å²) in [6, 6.07) is 0. The van der Waals surface area contributed by atoms with E-state index in [9.17, 15) is 4.79 Å². The minimum Gasteiger partial charge on any atom is -0.345 e. The molecule has 2 aromatic rings. The molecule has 0 atom stereocenters. The number of carbonyl (C=O) groups is 1. The molecule has 2 aromatic heterocycles. The molecule has 0 aromatic carbocycles. The van der Waals surface area contributed by atoms with Crippen molar-refractivity contribution in [1.29, 1.82) is 0 Å². The SMILES string of the molecule is Cc1cscc1CNC(=O)c1n[nH]c(C(C)(C)C)n1. The second-order valence-corrected chi connectivity index (χ2v) is 6.26. The summed E-state index contributed by atoms with van der Waals surface area (Å²) in [5, 5.41) is 13.7. The second-order valence-electron chi connectivity index (χ2n) is 5.52. The molecule has 5 nitrogen and oxygen atoms in total. The minimum atomic E-state index is -0.252. The van der Waals surface area contributed by atoms with Gasteiger partial charge in [-0.25, -0.2) is 4.98 Å². The van der Waals surface area contributed by atoms with Gasteiger partial charge in [-0.1, -0.05) is 20.8 Å². The van der Waals surface area contributed by atoms with E-state index in [0.717, 1.165) is 5.56 Å². The predicted octanol–water partition coefficient (Wildman–Crippen LogP) is 2.40. The highest BCUT2D eigenvalue weighted by molar-refractivity contribution is 7.08. The quantitative estimate of drug-likeness (QED) is 0.905. The number of aromatic amines is 1. The number of amides is 1. The van der Waals surface area contributed by atoms with Crippen LogP contribution in [0.5, 0.6) is 0 Å². The maximum absolute atomic E-state index is 11.9. The first kappa shape index (κ1) is 13.7. The molecular weight excluding hydrogens is 260 g/mol. The van der Waals surface area contributed by atoms with Crippen LogP contribution >= 0.6 is 11.3 Å². The van der Waals surface area contributed by atoms with E-state index in [-0.39, 0.29) is 17.1 Å². The van der Waals surface area contributed by atoms with E-state index in [2.05, 4.69) is 25.9 Å². The van der Waals surface area contributed by atoms with Gasteiger partial charge in [0.1, 0.15) is 5.82 Å². The summed E-state index contributed by atoms with van der Waals surface area (Å²) in [4.78, 5) is 16.2. The van der Waals surface area contributed by atoms with Crippen LogP contribution in [0.4, 0.5) is 0 Å². The maximum atomic E-state index is 11.9. The lowest BCUT2D eigenvalue weighted by molar-refractivity contribution is 0.0941. The van der Waals surface area contributed by atoms with Gasteiger partial charge in [-0.15, -0.1) is 5.10 Å². The van der Waals surface area contributed by atoms with Crippen molar-refractivity contribution in [3.05, 3.63) is 33.5 Å². The third-order valence-electron chi connectivity index (χ3n) is 2.80. The van der Waals surface area contributed by atoms with E-state index in [0.29, 0.717) is 12.4 Å². The molecule has 0 bridgehead atoms. The number of rotatable bonds is 3. The third-order valence-corrected chi connectivity index (χ3v) is 3.71. The molecule has 0 fully saturated rings. The zero-order chi connectivity index (χ0) is 14.0. The summed E-state index contributed by atoms with van der Waals surface area (Å²) < 4.78 is 0. The van der Waals surface area contributed by atoms with Crippen LogP contribution in [0.25, 0.3) is 0 Å². The molecule has 6 heteroatoms. The molecule has 0 unspecified atom stereocenters. The summed E-state index contributed by atoms with van der Waals surface area (Å²) >= 11 is 1.63. The fourth-order valence-corrected chi connectivity index (χ4v) is 2.38. The fraction of sp³-hybridized carbons (Fsp3) is 0.462. The van der Waals surface area contributed by atoms with Crippen LogP contribution in [0.3, 0.4) is 0 Å². The number of H-pyrrole nitrogens is 1. The van der Waals surface area contributed by atoms with Crippen molar-refractivity contribution < 1.29 is 4.79 Å². The molecule has 2 heterocycles. The van der Waals surface area contributed by atoms with Gasteiger partial charge < -0.3 is 5.32 Å². The van der Waals surface area contributed by atoms with Crippen molar-refractivity contribution in [2.45, 2.75) is 39.7 Å². The van der Waals surface area contributed by atoms with Crippen LogP contribution < -0.4 is 5.32 Å². The van der Waals surface area contributed by atoms with Crippen molar-refractivity contribution in [3.63, 3.8) is 0 Å². The monoisotopic (exact) mass is 278 g/mol. The Morgan fingerprint density at radius 1 is 1.42 bits per heavy atom. The average Bonchev–Trinajstić information content (AvgIpc) is 2.93. The summed E-state index contributed by atoms with van der Waals surface area (Å²) in [6.07, 6.45) is 0. The normalized spacial score (nSPS) is 11.6. The minimum absolute atomic E-state index is 0.143. The zero-order valence-electron chi connectivity index (χ0n) is 11.6. The van der Waals surface area contributed by atoms with E-state index in [4.69, 9.17) is 0 Å². The Kier molecular flexibility index (Phi) is 3.71. The number of hydrogen-bond donors (Lipinski definition) is 2. The molecule has 0 aliphatic carbocycles. The Hall–Kier alpha value is -1.69. The van der Waals surface area contributed by atoms with Crippen LogP contribution in [0.15, 0.2) is 10.8 Å². The smallest absolute Gasteiger partial charge is 0.291 e. The standard InChI is InChI=1S/C13H18N4OS/c1-8-6-19-7-9(8)5-14-11(18)10-15-12(17-16-10)13(2,3)4/h6-7H,5H2,1-4H3,(H,14,18)(H,15,16,17). The molecule has 102 valence electrons. The highest BCUT2D eigenvalue weighted by atomic mass is 32.1. The van der Waals surface area contributed by atoms with Crippen molar-refractivity contribution >= 4 is 17.2 Å². The van der Waals surface area contributed by atoms with E-state index >= 15 is 0 Å². The number of hydrogen-bond acceptors (Lipinski definition) is 4. The first-order chi connectivity index (χ1) is 8.88. The van der Waals surface area contributed by atoms with E-state index in [1.165, 1.54) is 5.56 Å². The van der Waals surface area contributed by atoms with Gasteiger partial charge in [-0.2, -0.15) is 11.3 Å². The predicted molar refractivity (Wildman–Crippen MR) is 75.3 cm³/mol. The van der Waals surface area contributed by atoms with Gasteiger partial charge >= 0.3 is 0 Å². The van der Waals surface area contributed by atoms with Crippen molar-refractivity contribution in [2.75, 3.05) is 0 Å². The molecule has 0 spiro atoms. The Morgan fingerprint density at radius 2 is 2.16 bits per heavy atom. The number of aromatic nitrogens is 3. The topological polar surface area (TPSA) is 70.7 Å². The molecule has 2 N–H and O–H groups in total. The molecule has 0 saturated heterocycles. The number of aryl methyl sites for hydroxylation is 1. The van der Waals surface area contributed by atoms with Crippen LogP contribution in [0.2, 0.25) is 0 Å². The molecule has 0 aliphatic heterocycles. The second kappa shape index (κ2) is 5.13.